The van der Waals surface area contributed by atoms with Crippen LogP contribution >= 0.6 is 0 Å². The Morgan fingerprint density at radius 2 is 2.33 bits per heavy atom. The molecule has 0 aliphatic heterocycles. The zero-order chi connectivity index (χ0) is 4.12. The number of ether oxygens (including phenoxy) is 1. The van der Waals surface area contributed by atoms with Crippen molar-refractivity contribution in [2.45, 2.75) is 0 Å². The molecule has 0 fully saturated rings. The van der Waals surface area contributed by atoms with Gasteiger partial charge >= 0.3 is 18.9 Å². The molecule has 0 rings (SSSR count). The van der Waals surface area contributed by atoms with Crippen LogP contribution in [0.5, 0.6) is 0 Å². The van der Waals surface area contributed by atoms with Gasteiger partial charge in [0.2, 0.25) is 0 Å². The Bertz CT molecular complexity index is 54.6. The van der Waals surface area contributed by atoms with Gasteiger partial charge in [-0.2, -0.15) is 7.11 Å². The molecule has 0 aromatic heterocycles. The maximum absolute atomic E-state index is 4.14. The van der Waals surface area contributed by atoms with Crippen molar-refractivity contribution in [3.05, 3.63) is 25.7 Å². The van der Waals surface area contributed by atoms with E-state index in [2.05, 4.69) is 24.2 Å². The van der Waals surface area contributed by atoms with Crippen LogP contribution in [0.2, 0.25) is 0 Å². The Morgan fingerprint density at radius 3 is 2.33 bits per heavy atom. The molecule has 0 aliphatic rings. The maximum Gasteiger partial charge on any atom is 1.00 e. The SMILES string of the molecule is C=C=CO[CH2-].[Li+]. The molecule has 0 radical (unpaired) electrons. The third kappa shape index (κ3) is 9.07. The van der Waals surface area contributed by atoms with Crippen molar-refractivity contribution in [3.8, 4) is 0 Å². The van der Waals surface area contributed by atoms with Crippen molar-refractivity contribution in [2.24, 2.45) is 0 Å². The Balaban J connectivity index is 0. The molecule has 0 aliphatic carbocycles. The Kier molecular flexibility index (Phi) is 13.8. The molecule has 0 spiro atoms. The van der Waals surface area contributed by atoms with Crippen LogP contribution in [0.25, 0.3) is 0 Å². The van der Waals surface area contributed by atoms with Gasteiger partial charge in [-0.05, 0) is 0 Å². The van der Waals surface area contributed by atoms with Gasteiger partial charge in [-0.15, -0.1) is 0 Å². The van der Waals surface area contributed by atoms with Gasteiger partial charge in [0.25, 0.3) is 0 Å². The molecule has 6 heavy (non-hydrogen) atoms. The minimum atomic E-state index is 0. The van der Waals surface area contributed by atoms with Gasteiger partial charge in [0.15, 0.2) is 0 Å². The second-order valence-electron chi connectivity index (χ2n) is 0.489. The summed E-state index contributed by atoms with van der Waals surface area (Å²) in [7, 11) is 3.02. The van der Waals surface area contributed by atoms with Crippen LogP contribution in [-0.4, -0.2) is 0 Å². The van der Waals surface area contributed by atoms with Gasteiger partial charge < -0.3 is 4.74 Å². The van der Waals surface area contributed by atoms with E-state index in [4.69, 9.17) is 0 Å². The fraction of sp³-hybridized carbons (Fsp3) is 0. The third-order valence-corrected chi connectivity index (χ3v) is 0.167. The summed E-state index contributed by atoms with van der Waals surface area (Å²) in [6.07, 6.45) is 1.28. The van der Waals surface area contributed by atoms with E-state index in [0.29, 0.717) is 0 Å². The second kappa shape index (κ2) is 8.87. The minimum Gasteiger partial charge on any atom is -0.665 e. The normalized spacial score (nSPS) is 4.17. The van der Waals surface area contributed by atoms with E-state index in [1.807, 2.05) is 0 Å². The molecule has 2 heteroatoms. The standard InChI is InChI=1S/C4H5O.Li/c1-3-4-5-2;/h4H,1-2H2;/q-1;+1. The van der Waals surface area contributed by atoms with Crippen molar-refractivity contribution < 1.29 is 23.6 Å². The number of rotatable bonds is 1. The zero-order valence-electron chi connectivity index (χ0n) is 3.90. The van der Waals surface area contributed by atoms with Crippen LogP contribution in [0.3, 0.4) is 0 Å². The van der Waals surface area contributed by atoms with Gasteiger partial charge in [-0.1, -0.05) is 12.3 Å². The van der Waals surface area contributed by atoms with Gasteiger partial charge in [-0.3, -0.25) is 0 Å². The van der Waals surface area contributed by atoms with Crippen molar-refractivity contribution in [1.29, 1.82) is 0 Å². The van der Waals surface area contributed by atoms with E-state index < -0.39 is 0 Å². The van der Waals surface area contributed by atoms with E-state index >= 15 is 0 Å². The Morgan fingerprint density at radius 1 is 1.83 bits per heavy atom. The first-order valence-corrected chi connectivity index (χ1v) is 1.17. The molecule has 0 heterocycles. The van der Waals surface area contributed by atoms with E-state index in [-0.39, 0.29) is 18.9 Å². The first kappa shape index (κ1) is 9.32. The molecule has 0 bridgehead atoms. The van der Waals surface area contributed by atoms with E-state index in [1.54, 1.807) is 0 Å². The summed E-state index contributed by atoms with van der Waals surface area (Å²) in [5.74, 6) is 0. The molecule has 0 atom stereocenters. The molecule has 1 nitrogen and oxygen atoms in total. The van der Waals surface area contributed by atoms with Crippen LogP contribution in [0.1, 0.15) is 0 Å². The third-order valence-electron chi connectivity index (χ3n) is 0.167. The van der Waals surface area contributed by atoms with E-state index in [0.717, 1.165) is 0 Å². The van der Waals surface area contributed by atoms with Gasteiger partial charge in [0, 0.05) is 0 Å². The molecule has 0 aromatic rings. The largest absolute Gasteiger partial charge is 1.00 e. The van der Waals surface area contributed by atoms with E-state index in [1.165, 1.54) is 6.26 Å². The fourth-order valence-corrected chi connectivity index (χ4v) is 0.0589. The first-order chi connectivity index (χ1) is 2.41. The van der Waals surface area contributed by atoms with Crippen LogP contribution in [0, 0.1) is 7.11 Å². The predicted molar refractivity (Wildman–Crippen MR) is 20.2 cm³/mol. The fourth-order valence-electron chi connectivity index (χ4n) is 0.0589. The van der Waals surface area contributed by atoms with Crippen LogP contribution in [0.15, 0.2) is 18.6 Å². The summed E-state index contributed by atoms with van der Waals surface area (Å²) < 4.78 is 4.14. The predicted octanol–water partition coefficient (Wildman–Crippen LogP) is -1.90. The van der Waals surface area contributed by atoms with Crippen molar-refractivity contribution in [2.75, 3.05) is 0 Å². The summed E-state index contributed by atoms with van der Waals surface area (Å²) >= 11 is 0. The van der Waals surface area contributed by atoms with Crippen molar-refractivity contribution in [3.63, 3.8) is 0 Å². The average molecular weight is 76.0 g/mol. The Hall–Kier alpha value is -0.0826. The molecule has 0 saturated carbocycles. The quantitative estimate of drug-likeness (QED) is 0.153. The molecule has 0 N–H and O–H groups in total. The first-order valence-electron chi connectivity index (χ1n) is 1.17. The van der Waals surface area contributed by atoms with Crippen LogP contribution < -0.4 is 18.9 Å². The summed E-state index contributed by atoms with van der Waals surface area (Å²) in [4.78, 5) is 0. The average Bonchev–Trinajstić information content (AvgIpc) is 1.41. The summed E-state index contributed by atoms with van der Waals surface area (Å²) in [6.45, 7) is 3.20. The second-order valence-corrected chi connectivity index (χ2v) is 0.489. The topological polar surface area (TPSA) is 9.23 Å². The molecule has 0 saturated heterocycles. The van der Waals surface area contributed by atoms with Gasteiger partial charge in [0.05, 0.1) is 6.26 Å². The molecule has 0 amide bonds. The van der Waals surface area contributed by atoms with Crippen molar-refractivity contribution >= 4 is 0 Å². The smallest absolute Gasteiger partial charge is 0.665 e. The molecular weight excluding hydrogens is 71.0 g/mol. The maximum atomic E-state index is 4.14. The zero-order valence-corrected chi connectivity index (χ0v) is 3.90. The van der Waals surface area contributed by atoms with Crippen molar-refractivity contribution in [1.82, 2.24) is 0 Å². The molecular formula is C4H5LiO. The van der Waals surface area contributed by atoms with Crippen LogP contribution in [-0.2, 0) is 4.74 Å². The molecule has 0 unspecified atom stereocenters. The van der Waals surface area contributed by atoms with Crippen LogP contribution in [0.4, 0.5) is 0 Å². The summed E-state index contributed by atoms with van der Waals surface area (Å²) in [6, 6.07) is 0. The molecule has 28 valence electrons. The monoisotopic (exact) mass is 76.1 g/mol. The summed E-state index contributed by atoms with van der Waals surface area (Å²) in [5, 5.41) is 0. The number of hydrogen-bond donors (Lipinski definition) is 0. The van der Waals surface area contributed by atoms with E-state index in [9.17, 15) is 0 Å². The van der Waals surface area contributed by atoms with Gasteiger partial charge in [-0.25, -0.2) is 0 Å². The number of hydrogen-bond acceptors (Lipinski definition) is 1. The summed E-state index contributed by atoms with van der Waals surface area (Å²) in [5.41, 5.74) is 2.36. The minimum absolute atomic E-state index is 0. The van der Waals surface area contributed by atoms with Gasteiger partial charge in [0.1, 0.15) is 0 Å². The molecule has 0 aromatic carbocycles. The Labute approximate surface area is 49.9 Å².